The molecule has 228 valence electrons. The summed E-state index contributed by atoms with van der Waals surface area (Å²) in [7, 11) is 1.26. The number of nitrogens with zero attached hydrogens (tertiary/aromatic N) is 2. The van der Waals surface area contributed by atoms with Crippen LogP contribution in [-0.2, 0) is 14.3 Å². The Kier molecular flexibility index (Phi) is 10.4. The molecule has 2 heterocycles. The second-order valence-electron chi connectivity index (χ2n) is 9.72. The number of anilines is 1. The molecule has 1 unspecified atom stereocenters. The Balaban J connectivity index is 1.87. The van der Waals surface area contributed by atoms with E-state index in [2.05, 4.69) is 11.9 Å². The van der Waals surface area contributed by atoms with Crippen LogP contribution in [0.2, 0.25) is 0 Å². The number of benzene rings is 2. The minimum absolute atomic E-state index is 0.119. The van der Waals surface area contributed by atoms with Crippen LogP contribution < -0.4 is 19.1 Å². The van der Waals surface area contributed by atoms with Crippen molar-refractivity contribution in [3.05, 3.63) is 69.7 Å². The number of esters is 1. The van der Waals surface area contributed by atoms with Crippen LogP contribution in [0.25, 0.3) is 5.76 Å². The van der Waals surface area contributed by atoms with Gasteiger partial charge < -0.3 is 24.1 Å². The van der Waals surface area contributed by atoms with E-state index in [9.17, 15) is 19.5 Å². The molecule has 0 aliphatic carbocycles. The number of aryl methyl sites for hydroxylation is 1. The van der Waals surface area contributed by atoms with Crippen LogP contribution in [0.15, 0.2) is 48.0 Å². The molecule has 43 heavy (non-hydrogen) atoms. The first-order valence-corrected chi connectivity index (χ1v) is 15.1. The van der Waals surface area contributed by atoms with Gasteiger partial charge in [-0.25, -0.2) is 9.78 Å². The minimum atomic E-state index is -1.07. The first kappa shape index (κ1) is 31.6. The van der Waals surface area contributed by atoms with Gasteiger partial charge in [-0.2, -0.15) is 0 Å². The molecule has 1 aliphatic rings. The normalized spacial score (nSPS) is 15.9. The Morgan fingerprint density at radius 3 is 2.35 bits per heavy atom. The quantitative estimate of drug-likeness (QED) is 0.0790. The van der Waals surface area contributed by atoms with Crippen molar-refractivity contribution in [2.24, 2.45) is 0 Å². The summed E-state index contributed by atoms with van der Waals surface area (Å²) < 4.78 is 22.3. The van der Waals surface area contributed by atoms with E-state index in [1.165, 1.54) is 12.0 Å². The molecule has 2 aromatic carbocycles. The van der Waals surface area contributed by atoms with Crippen molar-refractivity contribution in [2.75, 3.05) is 31.8 Å². The van der Waals surface area contributed by atoms with E-state index < -0.39 is 23.7 Å². The molecule has 1 atom stereocenters. The smallest absolute Gasteiger partial charge is 0.350 e. The van der Waals surface area contributed by atoms with Crippen LogP contribution in [0.5, 0.6) is 17.2 Å². The van der Waals surface area contributed by atoms with Gasteiger partial charge in [0, 0.05) is 5.56 Å². The van der Waals surface area contributed by atoms with Crippen LogP contribution in [0, 0.1) is 6.92 Å². The zero-order valence-electron chi connectivity index (χ0n) is 25.0. The molecular weight excluding hydrogens is 572 g/mol. The lowest BCUT2D eigenvalue weighted by Gasteiger charge is -2.24. The lowest BCUT2D eigenvalue weighted by molar-refractivity contribution is -0.132. The fraction of sp³-hybridized carbons (Fsp3) is 0.375. The number of ether oxygens (including phenoxy) is 4. The maximum Gasteiger partial charge on any atom is 0.350 e. The third-order valence-electron chi connectivity index (χ3n) is 6.83. The number of aliphatic hydroxyl groups is 1. The highest BCUT2D eigenvalue weighted by Crippen LogP contribution is 2.45. The van der Waals surface area contributed by atoms with Gasteiger partial charge in [-0.15, -0.1) is 0 Å². The van der Waals surface area contributed by atoms with Crippen molar-refractivity contribution in [3.63, 3.8) is 0 Å². The summed E-state index contributed by atoms with van der Waals surface area (Å²) in [4.78, 5) is 45.5. The Morgan fingerprint density at radius 2 is 1.70 bits per heavy atom. The zero-order valence-corrected chi connectivity index (χ0v) is 25.8. The van der Waals surface area contributed by atoms with Crippen molar-refractivity contribution >= 4 is 39.9 Å². The molecule has 4 rings (SSSR count). The number of aliphatic hydroxyl groups excluding tert-OH is 1. The predicted molar refractivity (Wildman–Crippen MR) is 163 cm³/mol. The minimum Gasteiger partial charge on any atom is -0.507 e. The zero-order chi connectivity index (χ0) is 31.1. The third kappa shape index (κ3) is 6.67. The Bertz CT molecular complexity index is 1510. The number of carbonyl (C=O) groups is 3. The Morgan fingerprint density at radius 1 is 0.977 bits per heavy atom. The van der Waals surface area contributed by atoms with Crippen molar-refractivity contribution in [1.82, 2.24) is 4.98 Å². The van der Waals surface area contributed by atoms with Gasteiger partial charge in [0.05, 0.1) is 44.2 Å². The second-order valence-corrected chi connectivity index (χ2v) is 10.7. The largest absolute Gasteiger partial charge is 0.507 e. The monoisotopic (exact) mass is 608 g/mol. The lowest BCUT2D eigenvalue weighted by atomic mass is 9.95. The Hall–Kier alpha value is -4.38. The van der Waals surface area contributed by atoms with Crippen molar-refractivity contribution in [2.45, 2.75) is 53.0 Å². The van der Waals surface area contributed by atoms with Gasteiger partial charge in [0.15, 0.2) is 16.6 Å². The molecule has 10 nitrogen and oxygen atoms in total. The fourth-order valence-electron chi connectivity index (χ4n) is 4.76. The molecule has 1 N–H and O–H groups in total. The molecule has 3 aromatic rings. The first-order valence-electron chi connectivity index (χ1n) is 14.2. The van der Waals surface area contributed by atoms with Gasteiger partial charge in [0.2, 0.25) is 0 Å². The number of hydrogen-bond acceptors (Lipinski definition) is 10. The predicted octanol–water partition coefficient (Wildman–Crippen LogP) is 6.23. The van der Waals surface area contributed by atoms with Crippen LogP contribution in [0.4, 0.5) is 5.13 Å². The summed E-state index contributed by atoms with van der Waals surface area (Å²) in [5.41, 5.74) is 1.05. The van der Waals surface area contributed by atoms with Crippen LogP contribution in [-0.4, -0.2) is 54.7 Å². The summed E-state index contributed by atoms with van der Waals surface area (Å²) in [5.74, 6) is -1.17. The maximum absolute atomic E-state index is 13.6. The average Bonchev–Trinajstić information content (AvgIpc) is 3.51. The first-order chi connectivity index (χ1) is 20.7. The second kappa shape index (κ2) is 14.2. The summed E-state index contributed by atoms with van der Waals surface area (Å²) in [6.07, 6.45) is 2.97. The van der Waals surface area contributed by atoms with E-state index >= 15 is 0 Å². The van der Waals surface area contributed by atoms with E-state index in [-0.39, 0.29) is 21.3 Å². The van der Waals surface area contributed by atoms with Gasteiger partial charge in [-0.3, -0.25) is 14.5 Å². The summed E-state index contributed by atoms with van der Waals surface area (Å²) >= 11 is 0.934. The molecule has 1 saturated heterocycles. The number of carbonyl (C=O) groups excluding carboxylic acids is 3. The number of hydrogen-bond donors (Lipinski definition) is 1. The number of Topliss-reactive ketones (excluding diaryl/α,β-unsaturated/α-hetero) is 1. The van der Waals surface area contributed by atoms with E-state index in [0.717, 1.165) is 30.6 Å². The summed E-state index contributed by atoms with van der Waals surface area (Å²) in [6.45, 7) is 8.78. The highest BCUT2D eigenvalue weighted by molar-refractivity contribution is 7.17. The molecule has 0 radical (unpaired) electrons. The van der Waals surface area contributed by atoms with Crippen molar-refractivity contribution in [3.8, 4) is 17.2 Å². The third-order valence-corrected chi connectivity index (χ3v) is 7.97. The van der Waals surface area contributed by atoms with E-state index in [4.69, 9.17) is 18.9 Å². The number of amides is 1. The maximum atomic E-state index is 13.6. The molecule has 1 aliphatic heterocycles. The number of aromatic nitrogens is 1. The molecule has 1 aromatic heterocycles. The van der Waals surface area contributed by atoms with E-state index in [1.807, 2.05) is 13.8 Å². The summed E-state index contributed by atoms with van der Waals surface area (Å²) in [5, 5.41) is 11.6. The lowest BCUT2D eigenvalue weighted by Crippen LogP contribution is -2.29. The molecular formula is C32H36N2O8S. The highest BCUT2D eigenvalue weighted by Gasteiger charge is 2.48. The van der Waals surface area contributed by atoms with Crippen LogP contribution >= 0.6 is 11.3 Å². The number of ketones is 1. The van der Waals surface area contributed by atoms with Gasteiger partial charge in [-0.1, -0.05) is 37.2 Å². The summed E-state index contributed by atoms with van der Waals surface area (Å²) in [6, 6.07) is 10.7. The highest BCUT2D eigenvalue weighted by atomic mass is 32.1. The number of rotatable bonds is 13. The van der Waals surface area contributed by atoms with Gasteiger partial charge in [0.1, 0.15) is 16.4 Å². The standard InChI is InChI=1S/C32H36N2O8S/c1-6-9-10-17-42-23-16-13-21(18-24(23)41-8-3)26-25(27(35)20-11-14-22(15-12-20)40-7-2)28(36)30(37)34(26)32-33-19(4)29(43-32)31(38)39-5/h11-16,18,26,35H,6-10,17H2,1-5H3/b27-25+. The SMILES string of the molecule is CCCCCOc1ccc(C2/C(=C(\O)c3ccc(OCC)cc3)C(=O)C(=O)N2c2nc(C)c(C(=O)OC)s2)cc1OCC. The topological polar surface area (TPSA) is 124 Å². The molecule has 0 bridgehead atoms. The molecule has 11 heteroatoms. The molecule has 0 spiro atoms. The van der Waals surface area contributed by atoms with E-state index in [1.54, 1.807) is 49.4 Å². The molecule has 1 amide bonds. The number of methoxy groups -OCH3 is 1. The van der Waals surface area contributed by atoms with Crippen LogP contribution in [0.3, 0.4) is 0 Å². The van der Waals surface area contributed by atoms with Crippen LogP contribution in [0.1, 0.15) is 72.6 Å². The van der Waals surface area contributed by atoms with Crippen molar-refractivity contribution in [1.29, 1.82) is 0 Å². The number of unbranched alkanes of at least 4 members (excludes halogenated alkanes) is 2. The van der Waals surface area contributed by atoms with Crippen molar-refractivity contribution < 1.29 is 38.4 Å². The average molecular weight is 609 g/mol. The fourth-order valence-corrected chi connectivity index (χ4v) is 5.77. The van der Waals surface area contributed by atoms with Gasteiger partial charge >= 0.3 is 11.9 Å². The van der Waals surface area contributed by atoms with Gasteiger partial charge in [-0.05, 0) is 69.2 Å². The molecule has 1 fully saturated rings. The number of thiazole rings is 1. The van der Waals surface area contributed by atoms with Gasteiger partial charge in [0.25, 0.3) is 5.78 Å². The Labute approximate surface area is 254 Å². The van der Waals surface area contributed by atoms with E-state index in [0.29, 0.717) is 53.9 Å². The molecule has 0 saturated carbocycles.